The van der Waals surface area contributed by atoms with E-state index in [4.69, 9.17) is 4.74 Å². The number of carbonyl (C=O) groups excluding carboxylic acids is 1. The molecule has 1 atom stereocenters. The summed E-state index contributed by atoms with van der Waals surface area (Å²) in [6.07, 6.45) is 0.428. The molecular formula is C13H21NO2S. The van der Waals surface area contributed by atoms with Crippen molar-refractivity contribution in [2.75, 3.05) is 6.61 Å². The number of hydrogen-bond acceptors (Lipinski definition) is 4. The second-order valence-corrected chi connectivity index (χ2v) is 5.58. The van der Waals surface area contributed by atoms with Gasteiger partial charge in [0, 0.05) is 22.3 Å². The predicted octanol–water partition coefficient (Wildman–Crippen LogP) is 2.80. The Morgan fingerprint density at radius 1 is 1.53 bits per heavy atom. The van der Waals surface area contributed by atoms with E-state index in [9.17, 15) is 4.79 Å². The molecule has 0 saturated carbocycles. The monoisotopic (exact) mass is 255 g/mol. The lowest BCUT2D eigenvalue weighted by Crippen LogP contribution is -2.28. The Morgan fingerprint density at radius 2 is 2.24 bits per heavy atom. The number of carbonyl (C=O) groups is 1. The number of aryl methyl sites for hydroxylation is 2. The van der Waals surface area contributed by atoms with Crippen LogP contribution >= 0.6 is 11.3 Å². The molecule has 1 aromatic rings. The third-order valence-electron chi connectivity index (χ3n) is 2.62. The highest BCUT2D eigenvalue weighted by Crippen LogP contribution is 2.20. The molecule has 0 aromatic carbocycles. The van der Waals surface area contributed by atoms with Crippen LogP contribution in [0.2, 0.25) is 0 Å². The van der Waals surface area contributed by atoms with Crippen LogP contribution in [-0.4, -0.2) is 18.6 Å². The van der Waals surface area contributed by atoms with Crippen LogP contribution in [0.3, 0.4) is 0 Å². The average molecular weight is 255 g/mol. The van der Waals surface area contributed by atoms with E-state index in [1.807, 2.05) is 13.8 Å². The molecule has 0 spiro atoms. The fourth-order valence-electron chi connectivity index (χ4n) is 1.55. The standard InChI is InChI=1S/C13H21NO2S/c1-5-16-13(15)7-10(3)14-8-12-6-9(2)11(4)17-12/h6,10,14H,5,7-8H2,1-4H3. The van der Waals surface area contributed by atoms with Gasteiger partial charge in [0.25, 0.3) is 0 Å². The van der Waals surface area contributed by atoms with Gasteiger partial charge in [0.1, 0.15) is 0 Å². The van der Waals surface area contributed by atoms with Crippen molar-refractivity contribution in [2.24, 2.45) is 0 Å². The van der Waals surface area contributed by atoms with E-state index in [-0.39, 0.29) is 12.0 Å². The first kappa shape index (κ1) is 14.2. The largest absolute Gasteiger partial charge is 0.466 e. The summed E-state index contributed by atoms with van der Waals surface area (Å²) in [6.45, 7) is 9.36. The Labute approximate surface area is 107 Å². The van der Waals surface area contributed by atoms with E-state index < -0.39 is 0 Å². The van der Waals surface area contributed by atoms with Gasteiger partial charge in [-0.15, -0.1) is 11.3 Å². The smallest absolute Gasteiger partial charge is 0.307 e. The summed E-state index contributed by atoms with van der Waals surface area (Å²) in [7, 11) is 0. The van der Waals surface area contributed by atoms with Crippen molar-refractivity contribution < 1.29 is 9.53 Å². The van der Waals surface area contributed by atoms with Crippen molar-refractivity contribution in [1.82, 2.24) is 5.32 Å². The summed E-state index contributed by atoms with van der Waals surface area (Å²) in [6, 6.07) is 2.35. The normalized spacial score (nSPS) is 12.5. The van der Waals surface area contributed by atoms with Gasteiger partial charge in [-0.1, -0.05) is 0 Å². The Bertz CT molecular complexity index is 354. The minimum Gasteiger partial charge on any atom is -0.466 e. The van der Waals surface area contributed by atoms with Gasteiger partial charge in [-0.3, -0.25) is 4.79 Å². The third-order valence-corrected chi connectivity index (χ3v) is 3.77. The van der Waals surface area contributed by atoms with Gasteiger partial charge in [0.2, 0.25) is 0 Å². The lowest BCUT2D eigenvalue weighted by molar-refractivity contribution is -0.143. The maximum absolute atomic E-state index is 11.3. The topological polar surface area (TPSA) is 38.3 Å². The molecular weight excluding hydrogens is 234 g/mol. The van der Waals surface area contributed by atoms with Crippen molar-refractivity contribution in [2.45, 2.75) is 46.7 Å². The molecule has 1 unspecified atom stereocenters. The zero-order valence-corrected chi connectivity index (χ0v) is 11.8. The number of nitrogens with one attached hydrogen (secondary N) is 1. The molecule has 1 heterocycles. The SMILES string of the molecule is CCOC(=O)CC(C)NCc1cc(C)c(C)s1. The summed E-state index contributed by atoms with van der Waals surface area (Å²) in [5, 5.41) is 3.34. The Morgan fingerprint density at radius 3 is 2.76 bits per heavy atom. The first-order chi connectivity index (χ1) is 8.02. The maximum atomic E-state index is 11.3. The van der Waals surface area contributed by atoms with Gasteiger partial charge >= 0.3 is 5.97 Å². The molecule has 0 aliphatic carbocycles. The minimum absolute atomic E-state index is 0.133. The number of esters is 1. The second-order valence-electron chi connectivity index (χ2n) is 4.24. The van der Waals surface area contributed by atoms with E-state index in [0.717, 1.165) is 6.54 Å². The van der Waals surface area contributed by atoms with Crippen LogP contribution in [0.4, 0.5) is 0 Å². The first-order valence-corrected chi connectivity index (χ1v) is 6.79. The molecule has 0 saturated heterocycles. The van der Waals surface area contributed by atoms with Crippen molar-refractivity contribution >= 4 is 17.3 Å². The van der Waals surface area contributed by atoms with Gasteiger partial charge in [-0.2, -0.15) is 0 Å². The molecule has 0 aliphatic rings. The molecule has 1 rings (SSSR count). The van der Waals surface area contributed by atoms with E-state index >= 15 is 0 Å². The van der Waals surface area contributed by atoms with E-state index in [1.54, 1.807) is 11.3 Å². The van der Waals surface area contributed by atoms with Crippen LogP contribution in [0.1, 0.15) is 35.6 Å². The molecule has 0 fully saturated rings. The van der Waals surface area contributed by atoms with Crippen LogP contribution < -0.4 is 5.32 Å². The molecule has 1 N–H and O–H groups in total. The van der Waals surface area contributed by atoms with Crippen molar-refractivity contribution in [3.63, 3.8) is 0 Å². The summed E-state index contributed by atoms with van der Waals surface area (Å²) in [5.41, 5.74) is 1.34. The predicted molar refractivity (Wildman–Crippen MR) is 71.3 cm³/mol. The Balaban J connectivity index is 2.32. The number of ether oxygens (including phenoxy) is 1. The molecule has 3 nitrogen and oxygen atoms in total. The zero-order valence-electron chi connectivity index (χ0n) is 11.0. The van der Waals surface area contributed by atoms with E-state index in [0.29, 0.717) is 13.0 Å². The van der Waals surface area contributed by atoms with E-state index in [2.05, 4.69) is 25.2 Å². The van der Waals surface area contributed by atoms with E-state index in [1.165, 1.54) is 15.3 Å². The van der Waals surface area contributed by atoms with Crippen LogP contribution in [0.25, 0.3) is 0 Å². The summed E-state index contributed by atoms with van der Waals surface area (Å²) >= 11 is 1.81. The molecule has 0 radical (unpaired) electrons. The Hall–Kier alpha value is -0.870. The highest BCUT2D eigenvalue weighted by molar-refractivity contribution is 7.12. The highest BCUT2D eigenvalue weighted by atomic mass is 32.1. The van der Waals surface area contributed by atoms with Crippen molar-refractivity contribution in [1.29, 1.82) is 0 Å². The molecule has 0 amide bonds. The van der Waals surface area contributed by atoms with Gasteiger partial charge in [0.15, 0.2) is 0 Å². The third kappa shape index (κ3) is 4.88. The molecule has 96 valence electrons. The fourth-order valence-corrected chi connectivity index (χ4v) is 2.56. The minimum atomic E-state index is -0.133. The van der Waals surface area contributed by atoms with Gasteiger partial charge in [0.05, 0.1) is 13.0 Å². The van der Waals surface area contributed by atoms with Crippen LogP contribution in [-0.2, 0) is 16.1 Å². The summed E-state index contributed by atoms with van der Waals surface area (Å²) in [5.74, 6) is -0.133. The van der Waals surface area contributed by atoms with Crippen molar-refractivity contribution in [3.8, 4) is 0 Å². The maximum Gasteiger partial charge on any atom is 0.307 e. The number of rotatable bonds is 6. The molecule has 17 heavy (non-hydrogen) atoms. The van der Waals surface area contributed by atoms with Gasteiger partial charge < -0.3 is 10.1 Å². The second kappa shape index (κ2) is 6.77. The molecule has 0 bridgehead atoms. The van der Waals surface area contributed by atoms with Gasteiger partial charge in [-0.05, 0) is 39.3 Å². The highest BCUT2D eigenvalue weighted by Gasteiger charge is 2.10. The fraction of sp³-hybridized carbons (Fsp3) is 0.615. The van der Waals surface area contributed by atoms with Crippen LogP contribution in [0.5, 0.6) is 0 Å². The lowest BCUT2D eigenvalue weighted by atomic mass is 10.2. The van der Waals surface area contributed by atoms with Crippen molar-refractivity contribution in [3.05, 3.63) is 21.4 Å². The Kier molecular flexibility index (Phi) is 5.65. The zero-order chi connectivity index (χ0) is 12.8. The quantitative estimate of drug-likeness (QED) is 0.794. The summed E-state index contributed by atoms with van der Waals surface area (Å²) < 4.78 is 4.91. The lowest BCUT2D eigenvalue weighted by Gasteiger charge is -2.11. The number of thiophene rings is 1. The first-order valence-electron chi connectivity index (χ1n) is 5.97. The van der Waals surface area contributed by atoms with Gasteiger partial charge in [-0.25, -0.2) is 0 Å². The summed E-state index contributed by atoms with van der Waals surface area (Å²) in [4.78, 5) is 13.9. The molecule has 4 heteroatoms. The number of hydrogen-bond donors (Lipinski definition) is 1. The van der Waals surface area contributed by atoms with Crippen LogP contribution in [0.15, 0.2) is 6.07 Å². The molecule has 0 aliphatic heterocycles. The average Bonchev–Trinajstić information content (AvgIpc) is 2.56. The molecule has 1 aromatic heterocycles. The van der Waals surface area contributed by atoms with Crippen LogP contribution in [0, 0.1) is 13.8 Å².